The van der Waals surface area contributed by atoms with Gasteiger partial charge in [-0.05, 0) is 0 Å². The second kappa shape index (κ2) is 17.9. The Morgan fingerprint density at radius 3 is 1.47 bits per heavy atom. The molecule has 3 aliphatic rings. The zero-order valence-electron chi connectivity index (χ0n) is 21.5. The molecule has 3 aromatic rings. The van der Waals surface area contributed by atoms with Crippen molar-refractivity contribution in [2.45, 2.75) is 94.6 Å². The first-order valence-corrected chi connectivity index (χ1v) is 19.0. The van der Waals surface area contributed by atoms with E-state index in [0.29, 0.717) is 0 Å². The second-order valence-electron chi connectivity index (χ2n) is 10.2. The molecule has 0 N–H and O–H groups in total. The molecule has 0 unspecified atom stereocenters. The molecule has 6 rings (SSSR count). The summed E-state index contributed by atoms with van der Waals surface area (Å²) in [5.41, 5.74) is 2.49. The molecule has 2 saturated carbocycles. The minimum absolute atomic E-state index is 0. The zero-order valence-corrected chi connectivity index (χ0v) is 26.5. The summed E-state index contributed by atoms with van der Waals surface area (Å²) in [4.78, 5) is 0. The van der Waals surface area contributed by atoms with Crippen molar-refractivity contribution < 1.29 is 48.1 Å². The van der Waals surface area contributed by atoms with Gasteiger partial charge in [-0.15, -0.1) is 46.2 Å². The maximum absolute atomic E-state index is 2.99. The molecule has 0 atom stereocenters. The van der Waals surface area contributed by atoms with Crippen molar-refractivity contribution in [1.29, 1.82) is 0 Å². The van der Waals surface area contributed by atoms with Crippen molar-refractivity contribution in [3.05, 3.63) is 78.9 Å². The molecule has 0 amide bonds. The van der Waals surface area contributed by atoms with Crippen LogP contribution < -0.4 is 24.8 Å². The maximum atomic E-state index is 2.99. The van der Waals surface area contributed by atoms with Gasteiger partial charge in [-0.3, -0.25) is 6.08 Å². The molecule has 0 heterocycles. The number of allylic oxidation sites excluding steroid dienone is 4. The predicted molar refractivity (Wildman–Crippen MR) is 147 cm³/mol. The summed E-state index contributed by atoms with van der Waals surface area (Å²) in [6.07, 6.45) is 28.8. The van der Waals surface area contributed by atoms with E-state index >= 15 is 0 Å². The van der Waals surface area contributed by atoms with E-state index < -0.39 is 0 Å². The van der Waals surface area contributed by atoms with Crippen LogP contribution in [-0.2, 0) is 23.3 Å². The van der Waals surface area contributed by atoms with E-state index in [9.17, 15) is 0 Å². The number of rotatable bonds is 2. The third-order valence-electron chi connectivity index (χ3n) is 7.70. The molecule has 2 fully saturated rings. The van der Waals surface area contributed by atoms with Gasteiger partial charge in [-0.25, -0.2) is 12.2 Å². The van der Waals surface area contributed by atoms with Crippen LogP contribution in [0.15, 0.2) is 72.8 Å². The summed E-state index contributed by atoms with van der Waals surface area (Å²) in [5.74, 6) is 0. The number of benzene rings is 2. The Morgan fingerprint density at radius 1 is 0.667 bits per heavy atom. The molecule has 0 nitrogen and oxygen atoms in total. The summed E-state index contributed by atoms with van der Waals surface area (Å²) < 4.78 is 0. The van der Waals surface area contributed by atoms with E-state index in [-0.39, 0.29) is 30.2 Å². The minimum Gasteiger partial charge on any atom is -0.126 e. The van der Waals surface area contributed by atoms with Crippen LogP contribution in [0.3, 0.4) is 0 Å². The number of fused-ring (bicyclic) bond motifs is 3. The Labute approximate surface area is 247 Å². The van der Waals surface area contributed by atoms with Gasteiger partial charge in [0.1, 0.15) is 0 Å². The van der Waals surface area contributed by atoms with Gasteiger partial charge in [0.25, 0.3) is 0 Å². The molecule has 192 valence electrons. The van der Waals surface area contributed by atoms with E-state index in [1.54, 1.807) is 51.4 Å². The van der Waals surface area contributed by atoms with E-state index in [0.717, 1.165) is 6.42 Å². The molecular formula is C32H40Cl2SiZr-2. The maximum Gasteiger partial charge on any atom is -0.0771 e. The summed E-state index contributed by atoms with van der Waals surface area (Å²) in [6, 6.07) is 19.3. The van der Waals surface area contributed by atoms with Crippen LogP contribution in [0, 0.1) is 6.08 Å². The van der Waals surface area contributed by atoms with E-state index in [2.05, 4.69) is 66.7 Å². The SMILES string of the molecule is [C-]1=CC=CC1.[Cl-].[Cl-].[Zr+2]=[Si](C1CCCCCC1)C1CCCCCC1.c1ccc2c(c1)[cH-]c1ccccc12. The van der Waals surface area contributed by atoms with Crippen LogP contribution in [0.2, 0.25) is 11.1 Å². The fourth-order valence-electron chi connectivity index (χ4n) is 5.76. The molecule has 0 aliphatic heterocycles. The van der Waals surface area contributed by atoms with Gasteiger partial charge >= 0.3 is 117 Å². The van der Waals surface area contributed by atoms with Crippen molar-refractivity contribution in [3.8, 4) is 0 Å². The molecule has 36 heavy (non-hydrogen) atoms. The van der Waals surface area contributed by atoms with Crippen molar-refractivity contribution >= 4 is 27.0 Å². The van der Waals surface area contributed by atoms with Crippen LogP contribution in [0.5, 0.6) is 0 Å². The number of halogens is 2. The zero-order chi connectivity index (χ0) is 23.4. The molecule has 0 radical (unpaired) electrons. The minimum atomic E-state index is 0. The Kier molecular flexibility index (Phi) is 15.7. The van der Waals surface area contributed by atoms with Crippen LogP contribution in [0.1, 0.15) is 83.5 Å². The van der Waals surface area contributed by atoms with Crippen molar-refractivity contribution in [3.63, 3.8) is 0 Å². The van der Waals surface area contributed by atoms with Crippen molar-refractivity contribution in [2.24, 2.45) is 0 Å². The summed E-state index contributed by atoms with van der Waals surface area (Å²) >= 11 is 1.96. The molecule has 0 aromatic heterocycles. The van der Waals surface area contributed by atoms with E-state index in [1.807, 2.05) is 35.5 Å². The van der Waals surface area contributed by atoms with Gasteiger partial charge in [0.15, 0.2) is 0 Å². The quantitative estimate of drug-likeness (QED) is 0.233. The van der Waals surface area contributed by atoms with Gasteiger partial charge < -0.3 is 24.8 Å². The monoisotopic (exact) mass is 612 g/mol. The first-order valence-electron chi connectivity index (χ1n) is 13.7. The second-order valence-corrected chi connectivity index (χ2v) is 17.0. The van der Waals surface area contributed by atoms with E-state index in [4.69, 9.17) is 0 Å². The van der Waals surface area contributed by atoms with Crippen LogP contribution in [-0.4, -0.2) is 5.43 Å². The smallest absolute Gasteiger partial charge is 0.0771 e. The molecule has 3 aromatic carbocycles. The molecule has 4 heteroatoms. The normalized spacial score (nSPS) is 18.1. The van der Waals surface area contributed by atoms with Crippen LogP contribution in [0.4, 0.5) is 0 Å². The van der Waals surface area contributed by atoms with Gasteiger partial charge in [0.05, 0.1) is 0 Å². The first-order chi connectivity index (χ1) is 16.8. The third-order valence-corrected chi connectivity index (χ3v) is 16.6. The Hall–Kier alpha value is -0.530. The Balaban J connectivity index is 0.000000205. The summed E-state index contributed by atoms with van der Waals surface area (Å²) in [7, 11) is 0. The Bertz CT molecular complexity index is 1000. The third kappa shape index (κ3) is 9.65. The summed E-state index contributed by atoms with van der Waals surface area (Å²) in [5, 5.41) is 5.39. The molecule has 0 saturated heterocycles. The van der Waals surface area contributed by atoms with Crippen LogP contribution in [0.25, 0.3) is 21.5 Å². The average Bonchev–Trinajstić information content (AvgIpc) is 3.40. The first kappa shape index (κ1) is 31.7. The van der Waals surface area contributed by atoms with Crippen LogP contribution >= 0.6 is 0 Å². The fourth-order valence-corrected chi connectivity index (χ4v) is 12.7. The fraction of sp³-hybridized carbons (Fsp3) is 0.469. The number of hydrogen-bond acceptors (Lipinski definition) is 0. The van der Waals surface area contributed by atoms with E-state index in [1.165, 1.54) is 58.3 Å². The van der Waals surface area contributed by atoms with Gasteiger partial charge in [-0.1, -0.05) is 36.4 Å². The summed E-state index contributed by atoms with van der Waals surface area (Å²) in [6.45, 7) is 0. The van der Waals surface area contributed by atoms with Crippen molar-refractivity contribution in [2.75, 3.05) is 0 Å². The topological polar surface area (TPSA) is 0 Å². The largest absolute Gasteiger partial charge is 0.126 e. The van der Waals surface area contributed by atoms with Gasteiger partial charge in [-0.2, -0.15) is 6.08 Å². The predicted octanol–water partition coefficient (Wildman–Crippen LogP) is 4.00. The van der Waals surface area contributed by atoms with Crippen molar-refractivity contribution in [1.82, 2.24) is 0 Å². The molecule has 3 aliphatic carbocycles. The van der Waals surface area contributed by atoms with Gasteiger partial charge in [0, 0.05) is 0 Å². The molecule has 0 bridgehead atoms. The van der Waals surface area contributed by atoms with Gasteiger partial charge in [0.2, 0.25) is 0 Å². The molecular weight excluding hydrogens is 575 g/mol. The average molecular weight is 615 g/mol. The molecule has 0 spiro atoms. The number of hydrogen-bond donors (Lipinski definition) is 0. The standard InChI is InChI=1S/C14H26Si.C13H9.C5H5.2ClH.Zr/c1-2-6-10-13(9-5-1)15-14-11-7-3-4-8-12-14;1-3-7-12-10(5-1)9-11-6-2-4-8-13(11)12;1-2-4-5-3-1;;;/h13-14H,1-12H2;1-9H;1-3H,4H2;2*1H;/q;2*-1;;;+2/p-2. The Morgan fingerprint density at radius 2 is 1.11 bits per heavy atom.